The van der Waals surface area contributed by atoms with Crippen LogP contribution in [0.2, 0.25) is 0 Å². The van der Waals surface area contributed by atoms with E-state index in [2.05, 4.69) is 10.2 Å². The van der Waals surface area contributed by atoms with E-state index in [4.69, 9.17) is 0 Å². The molecule has 0 spiro atoms. The smallest absolute Gasteiger partial charge is 0.337 e. The van der Waals surface area contributed by atoms with E-state index >= 15 is 0 Å². The molecule has 1 aliphatic rings. The third-order valence-electron chi connectivity index (χ3n) is 3.58. The Labute approximate surface area is 129 Å². The van der Waals surface area contributed by atoms with E-state index < -0.39 is 0 Å². The Morgan fingerprint density at radius 1 is 1.29 bits per heavy atom. The Kier molecular flexibility index (Phi) is 4.81. The minimum atomic E-state index is -0.262. The van der Waals surface area contributed by atoms with Gasteiger partial charge in [-0.25, -0.2) is 9.89 Å². The average Bonchev–Trinajstić information content (AvgIpc) is 3.14. The van der Waals surface area contributed by atoms with Gasteiger partial charge in [-0.05, 0) is 47.5 Å². The first-order valence-corrected chi connectivity index (χ1v) is 8.36. The molecule has 21 heavy (non-hydrogen) atoms. The molecule has 1 saturated carbocycles. The fourth-order valence-corrected chi connectivity index (χ4v) is 3.53. The molecule has 1 atom stereocenters. The Morgan fingerprint density at radius 3 is 2.33 bits per heavy atom. The number of aromatic amines is 1. The lowest BCUT2D eigenvalue weighted by Gasteiger charge is -2.32. The first kappa shape index (κ1) is 16.1. The highest BCUT2D eigenvalue weighted by Crippen LogP contribution is 2.37. The predicted molar refractivity (Wildman–Crippen MR) is 83.6 cm³/mol. The van der Waals surface area contributed by atoms with Crippen molar-refractivity contribution in [1.82, 2.24) is 19.7 Å². The van der Waals surface area contributed by atoms with Crippen LogP contribution in [0.15, 0.2) is 9.95 Å². The van der Waals surface area contributed by atoms with Crippen LogP contribution in [0.4, 0.5) is 0 Å². The third-order valence-corrected chi connectivity index (χ3v) is 4.64. The maximum absolute atomic E-state index is 12.6. The van der Waals surface area contributed by atoms with Crippen LogP contribution in [-0.2, 0) is 4.79 Å². The minimum Gasteiger partial charge on any atom is -0.337 e. The van der Waals surface area contributed by atoms with Crippen molar-refractivity contribution in [2.24, 2.45) is 0 Å². The van der Waals surface area contributed by atoms with Gasteiger partial charge in [-0.2, -0.15) is 0 Å². The van der Waals surface area contributed by atoms with Gasteiger partial charge in [0, 0.05) is 18.1 Å². The van der Waals surface area contributed by atoms with Crippen molar-refractivity contribution in [2.45, 2.75) is 76.0 Å². The van der Waals surface area contributed by atoms with E-state index in [9.17, 15) is 9.59 Å². The predicted octanol–water partition coefficient (Wildman–Crippen LogP) is 2.03. The molecule has 0 bridgehead atoms. The van der Waals surface area contributed by atoms with Gasteiger partial charge in [0.05, 0.1) is 5.25 Å². The number of hydrogen-bond donors (Lipinski definition) is 1. The highest BCUT2D eigenvalue weighted by atomic mass is 32.2. The second-order valence-electron chi connectivity index (χ2n) is 6.11. The maximum Gasteiger partial charge on any atom is 0.344 e. The average molecular weight is 312 g/mol. The van der Waals surface area contributed by atoms with E-state index in [1.54, 1.807) is 4.57 Å². The summed E-state index contributed by atoms with van der Waals surface area (Å²) in [6.07, 6.45) is 2.03. The van der Waals surface area contributed by atoms with Crippen molar-refractivity contribution < 1.29 is 4.79 Å². The number of aromatic nitrogens is 3. The van der Waals surface area contributed by atoms with Gasteiger partial charge < -0.3 is 4.90 Å². The van der Waals surface area contributed by atoms with Gasteiger partial charge in [0.1, 0.15) is 0 Å². The van der Waals surface area contributed by atoms with Crippen LogP contribution in [0.1, 0.15) is 53.5 Å². The summed E-state index contributed by atoms with van der Waals surface area (Å²) < 4.78 is 1.68. The van der Waals surface area contributed by atoms with Crippen molar-refractivity contribution in [3.05, 3.63) is 10.5 Å². The SMILES string of the molecule is CC(C)N(C(=O)[C@@H](C)Sc1n[nH]c(=O)n1C1CC1)C(C)C. The molecule has 1 amide bonds. The zero-order valence-corrected chi connectivity index (χ0v) is 14.1. The summed E-state index contributed by atoms with van der Waals surface area (Å²) in [5.74, 6) is 0.0859. The quantitative estimate of drug-likeness (QED) is 0.816. The van der Waals surface area contributed by atoms with Crippen LogP contribution in [0.3, 0.4) is 0 Å². The van der Waals surface area contributed by atoms with Crippen molar-refractivity contribution in [3.8, 4) is 0 Å². The van der Waals surface area contributed by atoms with Gasteiger partial charge in [-0.3, -0.25) is 9.36 Å². The molecule has 7 heteroatoms. The van der Waals surface area contributed by atoms with Crippen LogP contribution in [0, 0.1) is 0 Å². The Balaban J connectivity index is 2.12. The highest BCUT2D eigenvalue weighted by Gasteiger charge is 2.31. The van der Waals surface area contributed by atoms with Gasteiger partial charge >= 0.3 is 5.69 Å². The van der Waals surface area contributed by atoms with E-state index in [0.29, 0.717) is 5.16 Å². The molecular weight excluding hydrogens is 288 g/mol. The number of nitrogens with one attached hydrogen (secondary N) is 1. The van der Waals surface area contributed by atoms with Crippen LogP contribution in [0.25, 0.3) is 0 Å². The van der Waals surface area contributed by atoms with Crippen LogP contribution in [-0.4, -0.2) is 42.9 Å². The molecule has 0 aliphatic heterocycles. The van der Waals surface area contributed by atoms with Crippen LogP contribution < -0.4 is 5.69 Å². The molecule has 1 aliphatic carbocycles. The molecule has 1 fully saturated rings. The molecule has 1 aromatic heterocycles. The number of amides is 1. The van der Waals surface area contributed by atoms with E-state index in [-0.39, 0.29) is 35.0 Å². The number of rotatable bonds is 6. The number of nitrogens with zero attached hydrogens (tertiary/aromatic N) is 3. The monoisotopic (exact) mass is 312 g/mol. The van der Waals surface area contributed by atoms with E-state index in [1.807, 2.05) is 39.5 Å². The van der Waals surface area contributed by atoms with Crippen LogP contribution >= 0.6 is 11.8 Å². The Hall–Kier alpha value is -1.24. The summed E-state index contributed by atoms with van der Waals surface area (Å²) in [4.78, 5) is 26.3. The first-order chi connectivity index (χ1) is 9.82. The summed E-state index contributed by atoms with van der Waals surface area (Å²) in [5, 5.41) is 6.91. The molecule has 1 N–H and O–H groups in total. The maximum atomic E-state index is 12.6. The van der Waals surface area contributed by atoms with Crippen LogP contribution in [0.5, 0.6) is 0 Å². The van der Waals surface area contributed by atoms with Gasteiger partial charge in [0.2, 0.25) is 5.91 Å². The summed E-state index contributed by atoms with van der Waals surface area (Å²) in [5.41, 5.74) is -0.177. The normalized spacial score (nSPS) is 16.5. The lowest BCUT2D eigenvalue weighted by molar-refractivity contribution is -0.133. The molecule has 0 radical (unpaired) electrons. The first-order valence-electron chi connectivity index (χ1n) is 7.48. The van der Waals surface area contributed by atoms with E-state index in [0.717, 1.165) is 12.8 Å². The fourth-order valence-electron chi connectivity index (χ4n) is 2.55. The largest absolute Gasteiger partial charge is 0.344 e. The molecule has 0 saturated heterocycles. The van der Waals surface area contributed by atoms with Crippen molar-refractivity contribution in [3.63, 3.8) is 0 Å². The van der Waals surface area contributed by atoms with Crippen molar-refractivity contribution in [1.29, 1.82) is 0 Å². The molecular formula is C14H24N4O2S. The summed E-state index contributed by atoms with van der Waals surface area (Å²) in [6, 6.07) is 0.572. The number of hydrogen-bond acceptors (Lipinski definition) is 4. The lowest BCUT2D eigenvalue weighted by atomic mass is 10.2. The summed E-state index contributed by atoms with van der Waals surface area (Å²) in [6.45, 7) is 9.95. The minimum absolute atomic E-state index is 0.0859. The standard InChI is InChI=1S/C14H24N4O2S/c1-8(2)17(9(3)4)12(19)10(5)21-14-16-15-13(20)18(14)11-6-7-11/h8-11H,6-7H2,1-5H3,(H,15,20)/t10-/m1/s1. The molecule has 1 aromatic rings. The van der Waals surface area contributed by atoms with Crippen molar-refractivity contribution >= 4 is 17.7 Å². The number of carbonyl (C=O) groups excluding carboxylic acids is 1. The number of carbonyl (C=O) groups is 1. The number of H-pyrrole nitrogens is 1. The molecule has 1 heterocycles. The van der Waals surface area contributed by atoms with Crippen molar-refractivity contribution in [2.75, 3.05) is 0 Å². The zero-order chi connectivity index (χ0) is 15.7. The van der Waals surface area contributed by atoms with Gasteiger partial charge in [0.25, 0.3) is 0 Å². The molecule has 2 rings (SSSR count). The fraction of sp³-hybridized carbons (Fsp3) is 0.786. The number of thioether (sulfide) groups is 1. The highest BCUT2D eigenvalue weighted by molar-refractivity contribution is 8.00. The zero-order valence-electron chi connectivity index (χ0n) is 13.3. The second-order valence-corrected chi connectivity index (χ2v) is 7.41. The van der Waals surface area contributed by atoms with Gasteiger partial charge in [0.15, 0.2) is 5.16 Å². The molecule has 0 unspecified atom stereocenters. The second kappa shape index (κ2) is 6.25. The summed E-state index contributed by atoms with van der Waals surface area (Å²) >= 11 is 1.36. The molecule has 0 aromatic carbocycles. The third kappa shape index (κ3) is 3.51. The molecule has 6 nitrogen and oxygen atoms in total. The lowest BCUT2D eigenvalue weighted by Crippen LogP contribution is -2.45. The van der Waals surface area contributed by atoms with Gasteiger partial charge in [-0.15, -0.1) is 5.10 Å². The Morgan fingerprint density at radius 2 is 1.86 bits per heavy atom. The summed E-state index contributed by atoms with van der Waals surface area (Å²) in [7, 11) is 0. The Bertz CT molecular complexity index is 552. The van der Waals surface area contributed by atoms with E-state index in [1.165, 1.54) is 11.8 Å². The van der Waals surface area contributed by atoms with Gasteiger partial charge in [-0.1, -0.05) is 11.8 Å². The topological polar surface area (TPSA) is 71.0 Å². The molecule has 118 valence electrons.